The lowest BCUT2D eigenvalue weighted by Gasteiger charge is -2.11. The van der Waals surface area contributed by atoms with Crippen LogP contribution in [0, 0.1) is 6.92 Å². The molecule has 2 aromatic carbocycles. The fourth-order valence-corrected chi connectivity index (χ4v) is 2.30. The minimum absolute atomic E-state index is 0.723. The van der Waals surface area contributed by atoms with Gasteiger partial charge in [-0.2, -0.15) is 0 Å². The van der Waals surface area contributed by atoms with Crippen LogP contribution in [0.2, 0.25) is 5.02 Å². The molecule has 4 heteroatoms. The second kappa shape index (κ2) is 5.02. The van der Waals surface area contributed by atoms with Gasteiger partial charge in [-0.25, -0.2) is 0 Å². The second-order valence-corrected chi connectivity index (χ2v) is 5.10. The van der Waals surface area contributed by atoms with E-state index in [2.05, 4.69) is 10.3 Å². The number of aromatic nitrogens is 1. The van der Waals surface area contributed by atoms with E-state index in [1.807, 2.05) is 49.4 Å². The van der Waals surface area contributed by atoms with E-state index in [0.717, 1.165) is 38.6 Å². The molecule has 1 heterocycles. The van der Waals surface area contributed by atoms with Gasteiger partial charge in [0.1, 0.15) is 0 Å². The highest BCUT2D eigenvalue weighted by Gasteiger charge is 2.06. The van der Waals surface area contributed by atoms with E-state index in [1.165, 1.54) is 0 Å². The number of hydrogen-bond acceptors (Lipinski definition) is 3. The van der Waals surface area contributed by atoms with E-state index in [-0.39, 0.29) is 0 Å². The molecule has 3 rings (SSSR count). The maximum atomic E-state index is 6.15. The Bertz CT molecular complexity index is 784. The van der Waals surface area contributed by atoms with Crippen LogP contribution in [0.25, 0.3) is 10.9 Å². The van der Waals surface area contributed by atoms with Crippen molar-refractivity contribution in [1.29, 1.82) is 0 Å². The Morgan fingerprint density at radius 1 is 1.15 bits per heavy atom. The molecule has 0 unspecified atom stereocenters. The number of fused-ring (bicyclic) bond motifs is 1. The summed E-state index contributed by atoms with van der Waals surface area (Å²) in [5.41, 5.74) is 10.4. The van der Waals surface area contributed by atoms with Crippen molar-refractivity contribution in [3.05, 3.63) is 59.2 Å². The summed E-state index contributed by atoms with van der Waals surface area (Å²) in [7, 11) is 0. The number of halogens is 1. The maximum absolute atomic E-state index is 6.15. The summed E-state index contributed by atoms with van der Waals surface area (Å²) in [5.74, 6) is 0. The third-order valence-corrected chi connectivity index (χ3v) is 3.66. The molecule has 0 saturated carbocycles. The van der Waals surface area contributed by atoms with Crippen molar-refractivity contribution < 1.29 is 0 Å². The molecule has 1 aromatic heterocycles. The third-order valence-electron chi connectivity index (χ3n) is 3.25. The van der Waals surface area contributed by atoms with Gasteiger partial charge in [0.15, 0.2) is 0 Å². The maximum Gasteiger partial charge on any atom is 0.0957 e. The SMILES string of the molecule is Cc1ccc(Nc2ccc(N)c3cccnc23)cc1Cl. The molecule has 0 atom stereocenters. The molecule has 0 aliphatic heterocycles. The molecular formula is C16H14ClN3. The Balaban J connectivity index is 2.06. The van der Waals surface area contributed by atoms with Crippen LogP contribution in [0.15, 0.2) is 48.7 Å². The van der Waals surface area contributed by atoms with E-state index < -0.39 is 0 Å². The highest BCUT2D eigenvalue weighted by molar-refractivity contribution is 6.31. The van der Waals surface area contributed by atoms with Crippen LogP contribution in [0.4, 0.5) is 17.1 Å². The number of rotatable bonds is 2. The van der Waals surface area contributed by atoms with Crippen molar-refractivity contribution in [3.8, 4) is 0 Å². The molecule has 0 spiro atoms. The number of aryl methyl sites for hydroxylation is 1. The molecule has 0 radical (unpaired) electrons. The number of nitrogens with one attached hydrogen (secondary N) is 1. The molecule has 20 heavy (non-hydrogen) atoms. The zero-order valence-electron chi connectivity index (χ0n) is 11.0. The molecule has 100 valence electrons. The minimum Gasteiger partial charge on any atom is -0.398 e. The predicted octanol–water partition coefficient (Wildman–Crippen LogP) is 4.52. The summed E-state index contributed by atoms with van der Waals surface area (Å²) in [6, 6.07) is 13.5. The van der Waals surface area contributed by atoms with Crippen LogP contribution in [-0.2, 0) is 0 Å². The topological polar surface area (TPSA) is 50.9 Å². The van der Waals surface area contributed by atoms with Crippen LogP contribution in [0.3, 0.4) is 0 Å². The molecule has 0 fully saturated rings. The van der Waals surface area contributed by atoms with Gasteiger partial charge in [0.2, 0.25) is 0 Å². The lowest BCUT2D eigenvalue weighted by molar-refractivity contribution is 1.40. The Kier molecular flexibility index (Phi) is 3.20. The van der Waals surface area contributed by atoms with Crippen molar-refractivity contribution in [2.75, 3.05) is 11.1 Å². The van der Waals surface area contributed by atoms with Crippen LogP contribution < -0.4 is 11.1 Å². The highest BCUT2D eigenvalue weighted by atomic mass is 35.5. The first kappa shape index (κ1) is 12.8. The molecular weight excluding hydrogens is 270 g/mol. The normalized spacial score (nSPS) is 10.7. The van der Waals surface area contributed by atoms with Gasteiger partial charge in [-0.3, -0.25) is 4.98 Å². The molecule has 0 saturated heterocycles. The second-order valence-electron chi connectivity index (χ2n) is 4.69. The largest absolute Gasteiger partial charge is 0.398 e. The quantitative estimate of drug-likeness (QED) is 0.680. The van der Waals surface area contributed by atoms with Crippen molar-refractivity contribution in [2.45, 2.75) is 6.92 Å². The molecule has 3 aromatic rings. The summed E-state index contributed by atoms with van der Waals surface area (Å²) in [6.45, 7) is 1.98. The number of nitrogen functional groups attached to an aromatic ring is 1. The van der Waals surface area contributed by atoms with Crippen LogP contribution in [0.5, 0.6) is 0 Å². The highest BCUT2D eigenvalue weighted by Crippen LogP contribution is 2.30. The van der Waals surface area contributed by atoms with Gasteiger partial charge in [-0.15, -0.1) is 0 Å². The van der Waals surface area contributed by atoms with E-state index in [0.29, 0.717) is 0 Å². The monoisotopic (exact) mass is 283 g/mol. The molecule has 0 aliphatic carbocycles. The van der Waals surface area contributed by atoms with E-state index in [1.54, 1.807) is 6.20 Å². The Morgan fingerprint density at radius 2 is 2.00 bits per heavy atom. The standard InChI is InChI=1S/C16H14ClN3/c1-10-4-5-11(9-13(10)17)20-15-7-6-14(18)12-3-2-8-19-16(12)15/h2-9,20H,18H2,1H3. The predicted molar refractivity (Wildman–Crippen MR) is 85.6 cm³/mol. The average Bonchev–Trinajstić information content (AvgIpc) is 2.46. The molecule has 3 N–H and O–H groups in total. The number of nitrogens with two attached hydrogens (primary N) is 1. The van der Waals surface area contributed by atoms with Gasteiger partial charge < -0.3 is 11.1 Å². The minimum atomic E-state index is 0.723. The van der Waals surface area contributed by atoms with Crippen molar-refractivity contribution >= 4 is 39.6 Å². The lowest BCUT2D eigenvalue weighted by Crippen LogP contribution is -1.96. The fourth-order valence-electron chi connectivity index (χ4n) is 2.12. The van der Waals surface area contributed by atoms with Crippen molar-refractivity contribution in [1.82, 2.24) is 4.98 Å². The van der Waals surface area contributed by atoms with Gasteiger partial charge in [-0.05, 0) is 48.9 Å². The number of benzene rings is 2. The first-order valence-electron chi connectivity index (χ1n) is 6.31. The van der Waals surface area contributed by atoms with Gasteiger partial charge in [-0.1, -0.05) is 17.7 Å². The Labute approximate surface area is 122 Å². The van der Waals surface area contributed by atoms with E-state index in [4.69, 9.17) is 17.3 Å². The summed E-state index contributed by atoms with van der Waals surface area (Å²) in [5, 5.41) is 5.02. The number of pyridine rings is 1. The van der Waals surface area contributed by atoms with Gasteiger partial charge in [0.05, 0.1) is 11.2 Å². The first-order valence-corrected chi connectivity index (χ1v) is 6.69. The smallest absolute Gasteiger partial charge is 0.0957 e. The van der Waals surface area contributed by atoms with Gasteiger partial charge in [0, 0.05) is 28.0 Å². The lowest BCUT2D eigenvalue weighted by atomic mass is 10.1. The molecule has 3 nitrogen and oxygen atoms in total. The fraction of sp³-hybridized carbons (Fsp3) is 0.0625. The molecule has 0 bridgehead atoms. The average molecular weight is 284 g/mol. The zero-order valence-corrected chi connectivity index (χ0v) is 11.8. The van der Waals surface area contributed by atoms with Crippen LogP contribution in [0.1, 0.15) is 5.56 Å². The number of anilines is 3. The Morgan fingerprint density at radius 3 is 2.80 bits per heavy atom. The Hall–Kier alpha value is -2.26. The van der Waals surface area contributed by atoms with Gasteiger partial charge >= 0.3 is 0 Å². The number of hydrogen-bond donors (Lipinski definition) is 2. The molecule has 0 aliphatic rings. The third kappa shape index (κ3) is 2.28. The number of nitrogens with zero attached hydrogens (tertiary/aromatic N) is 1. The molecule has 0 amide bonds. The summed E-state index contributed by atoms with van der Waals surface area (Å²) in [6.07, 6.45) is 1.76. The van der Waals surface area contributed by atoms with Gasteiger partial charge in [0.25, 0.3) is 0 Å². The first-order chi connectivity index (χ1) is 9.65. The summed E-state index contributed by atoms with van der Waals surface area (Å²) < 4.78 is 0. The van der Waals surface area contributed by atoms with E-state index >= 15 is 0 Å². The zero-order chi connectivity index (χ0) is 14.1. The summed E-state index contributed by atoms with van der Waals surface area (Å²) in [4.78, 5) is 4.40. The van der Waals surface area contributed by atoms with E-state index in [9.17, 15) is 0 Å². The van der Waals surface area contributed by atoms with Crippen LogP contribution in [-0.4, -0.2) is 4.98 Å². The van der Waals surface area contributed by atoms with Crippen molar-refractivity contribution in [2.24, 2.45) is 0 Å². The summed E-state index contributed by atoms with van der Waals surface area (Å²) >= 11 is 6.15. The van der Waals surface area contributed by atoms with Crippen LogP contribution >= 0.6 is 11.6 Å². The van der Waals surface area contributed by atoms with Crippen molar-refractivity contribution in [3.63, 3.8) is 0 Å².